The monoisotopic (exact) mass is 380 g/mol. The summed E-state index contributed by atoms with van der Waals surface area (Å²) in [6.07, 6.45) is 5.47. The standard InChI is InChI=1S/C22H28N4O2/c27-21(23-8-12-25-9-1-2-10-25)16-5-6-19-17(13-16)18-14-26(11-7-20(18)24-19)22(28)15-3-4-15/h5-6,13,15,24H,1-4,7-12,14H2,(H,23,27). The van der Waals surface area contributed by atoms with Gasteiger partial charge >= 0.3 is 0 Å². The van der Waals surface area contributed by atoms with Crippen molar-refractivity contribution in [1.82, 2.24) is 20.1 Å². The highest BCUT2D eigenvalue weighted by atomic mass is 16.2. The minimum absolute atomic E-state index is 0.0160. The Balaban J connectivity index is 1.30. The third-order valence-corrected chi connectivity index (χ3v) is 6.39. The Kier molecular flexibility index (Phi) is 4.59. The highest BCUT2D eigenvalue weighted by Gasteiger charge is 2.35. The Hall–Kier alpha value is -2.34. The number of carbonyl (C=O) groups excluding carboxylic acids is 2. The summed E-state index contributed by atoms with van der Waals surface area (Å²) in [4.78, 5) is 33.0. The zero-order chi connectivity index (χ0) is 19.1. The van der Waals surface area contributed by atoms with Crippen LogP contribution in [0.5, 0.6) is 0 Å². The lowest BCUT2D eigenvalue weighted by Crippen LogP contribution is -2.36. The van der Waals surface area contributed by atoms with E-state index >= 15 is 0 Å². The molecule has 1 saturated carbocycles. The Labute approximate surface area is 165 Å². The summed E-state index contributed by atoms with van der Waals surface area (Å²) in [6.45, 7) is 5.35. The molecule has 6 heteroatoms. The number of hydrogen-bond donors (Lipinski definition) is 2. The molecule has 0 atom stereocenters. The SMILES string of the molecule is O=C(NCCN1CCCC1)c1ccc2[nH]c3c(c2c1)CN(C(=O)C1CC1)CC3. The van der Waals surface area contributed by atoms with Gasteiger partial charge in [0.25, 0.3) is 5.91 Å². The third kappa shape index (κ3) is 3.41. The van der Waals surface area contributed by atoms with E-state index in [2.05, 4.69) is 15.2 Å². The predicted octanol–water partition coefficient (Wildman–Crippen LogP) is 2.29. The van der Waals surface area contributed by atoms with Gasteiger partial charge < -0.3 is 20.1 Å². The minimum Gasteiger partial charge on any atom is -0.358 e. The molecule has 1 aliphatic carbocycles. The summed E-state index contributed by atoms with van der Waals surface area (Å²) in [7, 11) is 0. The molecule has 148 valence electrons. The van der Waals surface area contributed by atoms with Gasteiger partial charge in [0.1, 0.15) is 0 Å². The first kappa shape index (κ1) is 17.7. The second kappa shape index (κ2) is 7.24. The normalized spacial score (nSPS) is 19.8. The van der Waals surface area contributed by atoms with Gasteiger partial charge in [-0.15, -0.1) is 0 Å². The first-order valence-corrected chi connectivity index (χ1v) is 10.6. The quantitative estimate of drug-likeness (QED) is 0.836. The maximum atomic E-state index is 12.6. The van der Waals surface area contributed by atoms with Crippen molar-refractivity contribution in [2.24, 2.45) is 5.92 Å². The van der Waals surface area contributed by atoms with Crippen LogP contribution in [0.25, 0.3) is 10.9 Å². The average molecular weight is 380 g/mol. The summed E-state index contributed by atoms with van der Waals surface area (Å²) in [5, 5.41) is 4.14. The maximum absolute atomic E-state index is 12.6. The second-order valence-corrected chi connectivity index (χ2v) is 8.43. The molecule has 1 aromatic carbocycles. The number of nitrogens with zero attached hydrogens (tertiary/aromatic N) is 2. The fourth-order valence-electron chi connectivity index (χ4n) is 4.57. The van der Waals surface area contributed by atoms with E-state index in [-0.39, 0.29) is 11.8 Å². The van der Waals surface area contributed by atoms with E-state index in [9.17, 15) is 9.59 Å². The number of benzene rings is 1. The van der Waals surface area contributed by atoms with Gasteiger partial charge in [-0.25, -0.2) is 0 Å². The molecule has 2 amide bonds. The average Bonchev–Trinajstić information content (AvgIpc) is 3.31. The minimum atomic E-state index is -0.0160. The molecule has 0 unspecified atom stereocenters. The molecule has 0 bridgehead atoms. The van der Waals surface area contributed by atoms with Crippen molar-refractivity contribution < 1.29 is 9.59 Å². The predicted molar refractivity (Wildman–Crippen MR) is 108 cm³/mol. The van der Waals surface area contributed by atoms with Crippen molar-refractivity contribution in [2.75, 3.05) is 32.7 Å². The molecule has 0 spiro atoms. The van der Waals surface area contributed by atoms with E-state index in [1.54, 1.807) is 0 Å². The highest BCUT2D eigenvalue weighted by molar-refractivity contribution is 5.99. The fourth-order valence-corrected chi connectivity index (χ4v) is 4.57. The number of rotatable bonds is 5. The summed E-state index contributed by atoms with van der Waals surface area (Å²) in [5.74, 6) is 0.539. The number of likely N-dealkylation sites (tertiary alicyclic amines) is 1. The van der Waals surface area contributed by atoms with Gasteiger partial charge in [0.2, 0.25) is 5.91 Å². The van der Waals surface area contributed by atoms with Crippen LogP contribution in [0, 0.1) is 5.92 Å². The van der Waals surface area contributed by atoms with E-state index in [1.165, 1.54) is 24.1 Å². The molecular weight excluding hydrogens is 352 g/mol. The molecule has 0 radical (unpaired) electrons. The number of H-pyrrole nitrogens is 1. The van der Waals surface area contributed by atoms with Crippen LogP contribution in [0.15, 0.2) is 18.2 Å². The van der Waals surface area contributed by atoms with Crippen molar-refractivity contribution in [2.45, 2.75) is 38.6 Å². The van der Waals surface area contributed by atoms with E-state index in [4.69, 9.17) is 0 Å². The molecule has 6 nitrogen and oxygen atoms in total. The number of fused-ring (bicyclic) bond motifs is 3. The van der Waals surface area contributed by atoms with Gasteiger partial charge in [0.15, 0.2) is 0 Å². The van der Waals surface area contributed by atoms with Crippen LogP contribution in [0.1, 0.15) is 47.3 Å². The number of nitrogens with one attached hydrogen (secondary N) is 2. The number of aromatic amines is 1. The van der Waals surface area contributed by atoms with Gasteiger partial charge in [0, 0.05) is 66.2 Å². The third-order valence-electron chi connectivity index (χ3n) is 6.39. The highest BCUT2D eigenvalue weighted by Crippen LogP contribution is 2.34. The van der Waals surface area contributed by atoms with E-state index < -0.39 is 0 Å². The van der Waals surface area contributed by atoms with Crippen molar-refractivity contribution >= 4 is 22.7 Å². The van der Waals surface area contributed by atoms with E-state index in [1.807, 2.05) is 23.1 Å². The van der Waals surface area contributed by atoms with Crippen LogP contribution in [0.4, 0.5) is 0 Å². The van der Waals surface area contributed by atoms with Gasteiger partial charge in [-0.3, -0.25) is 9.59 Å². The number of hydrogen-bond acceptors (Lipinski definition) is 3. The molecule has 3 aliphatic rings. The van der Waals surface area contributed by atoms with Crippen molar-refractivity contribution in [3.63, 3.8) is 0 Å². The van der Waals surface area contributed by atoms with Gasteiger partial charge in [-0.2, -0.15) is 0 Å². The van der Waals surface area contributed by atoms with Crippen molar-refractivity contribution in [1.29, 1.82) is 0 Å². The summed E-state index contributed by atoms with van der Waals surface area (Å²) in [5.41, 5.74) is 4.14. The van der Waals surface area contributed by atoms with Crippen LogP contribution in [-0.4, -0.2) is 59.3 Å². The molecule has 2 aliphatic heterocycles. The molecule has 1 saturated heterocycles. The van der Waals surface area contributed by atoms with Crippen LogP contribution in [0.2, 0.25) is 0 Å². The fraction of sp³-hybridized carbons (Fsp3) is 0.545. The van der Waals surface area contributed by atoms with Gasteiger partial charge in [-0.1, -0.05) is 0 Å². The molecule has 28 heavy (non-hydrogen) atoms. The molecule has 5 rings (SSSR count). The Morgan fingerprint density at radius 2 is 1.96 bits per heavy atom. The van der Waals surface area contributed by atoms with E-state index in [0.717, 1.165) is 56.3 Å². The molecule has 1 aromatic heterocycles. The summed E-state index contributed by atoms with van der Waals surface area (Å²) < 4.78 is 0. The number of aromatic nitrogens is 1. The maximum Gasteiger partial charge on any atom is 0.251 e. The van der Waals surface area contributed by atoms with Crippen LogP contribution in [0.3, 0.4) is 0 Å². The Bertz CT molecular complexity index is 909. The summed E-state index contributed by atoms with van der Waals surface area (Å²) >= 11 is 0. The van der Waals surface area contributed by atoms with Crippen LogP contribution < -0.4 is 5.32 Å². The van der Waals surface area contributed by atoms with Gasteiger partial charge in [0.05, 0.1) is 0 Å². The van der Waals surface area contributed by atoms with Crippen LogP contribution >= 0.6 is 0 Å². The zero-order valence-electron chi connectivity index (χ0n) is 16.3. The second-order valence-electron chi connectivity index (χ2n) is 8.43. The van der Waals surface area contributed by atoms with Crippen molar-refractivity contribution in [3.8, 4) is 0 Å². The molecular formula is C22H28N4O2. The van der Waals surface area contributed by atoms with E-state index in [0.29, 0.717) is 24.6 Å². The summed E-state index contributed by atoms with van der Waals surface area (Å²) in [6, 6.07) is 5.87. The number of carbonyl (C=O) groups is 2. The smallest absolute Gasteiger partial charge is 0.251 e. The van der Waals surface area contributed by atoms with Crippen molar-refractivity contribution in [3.05, 3.63) is 35.0 Å². The number of amides is 2. The topological polar surface area (TPSA) is 68.4 Å². The lowest BCUT2D eigenvalue weighted by Gasteiger charge is -2.27. The van der Waals surface area contributed by atoms with Gasteiger partial charge in [-0.05, 0) is 57.0 Å². The lowest BCUT2D eigenvalue weighted by molar-refractivity contribution is -0.133. The molecule has 2 N–H and O–H groups in total. The van der Waals surface area contributed by atoms with Crippen LogP contribution in [-0.2, 0) is 17.8 Å². The molecule has 3 heterocycles. The Morgan fingerprint density at radius 1 is 1.14 bits per heavy atom. The first-order chi connectivity index (χ1) is 13.7. The first-order valence-electron chi connectivity index (χ1n) is 10.6. The Morgan fingerprint density at radius 3 is 2.75 bits per heavy atom. The molecule has 2 aromatic rings. The largest absolute Gasteiger partial charge is 0.358 e. The lowest BCUT2D eigenvalue weighted by atomic mass is 10.0. The molecule has 2 fully saturated rings. The zero-order valence-corrected chi connectivity index (χ0v) is 16.3.